The molecule has 1 amide bonds. The third kappa shape index (κ3) is 4.98. The van der Waals surface area contributed by atoms with Crippen LogP contribution in [-0.2, 0) is 17.9 Å². The first-order chi connectivity index (χ1) is 16.1. The quantitative estimate of drug-likeness (QED) is 0.531. The maximum Gasteiger partial charge on any atom is 0.225 e. The second-order valence-corrected chi connectivity index (χ2v) is 9.97. The van der Waals surface area contributed by atoms with Crippen LogP contribution in [-0.4, -0.2) is 46.5 Å². The summed E-state index contributed by atoms with van der Waals surface area (Å²) in [6, 6.07) is 17.6. The number of amides is 1. The summed E-state index contributed by atoms with van der Waals surface area (Å²) in [7, 11) is 0. The Kier molecular flexibility index (Phi) is 6.50. The first-order valence-electron chi connectivity index (χ1n) is 12.4. The van der Waals surface area contributed by atoms with Gasteiger partial charge in [-0.05, 0) is 79.9 Å². The van der Waals surface area contributed by atoms with E-state index in [1.165, 1.54) is 22.7 Å². The number of para-hydroxylation sites is 1. The maximum absolute atomic E-state index is 13.8. The molecule has 3 aromatic rings. The van der Waals surface area contributed by atoms with Crippen molar-refractivity contribution in [3.63, 3.8) is 0 Å². The first kappa shape index (κ1) is 22.1. The third-order valence-corrected chi connectivity index (χ3v) is 7.54. The number of rotatable bonds is 5. The lowest BCUT2D eigenvalue weighted by atomic mass is 9.92. The molecule has 0 radical (unpaired) electrons. The van der Waals surface area contributed by atoms with Crippen LogP contribution in [0.25, 0.3) is 10.9 Å². The van der Waals surface area contributed by atoms with E-state index in [9.17, 15) is 9.18 Å². The Balaban J connectivity index is 1.27. The van der Waals surface area contributed by atoms with Gasteiger partial charge in [0, 0.05) is 43.3 Å². The fourth-order valence-corrected chi connectivity index (χ4v) is 5.46. The largest absolute Gasteiger partial charge is 0.342 e. The summed E-state index contributed by atoms with van der Waals surface area (Å²) in [4.78, 5) is 17.6. The van der Waals surface area contributed by atoms with Gasteiger partial charge in [-0.3, -0.25) is 9.69 Å². The average molecular weight is 448 g/mol. The molecule has 4 nitrogen and oxygen atoms in total. The van der Waals surface area contributed by atoms with Gasteiger partial charge < -0.3 is 9.47 Å². The van der Waals surface area contributed by atoms with Crippen LogP contribution < -0.4 is 0 Å². The molecule has 5 heteroatoms. The molecule has 0 N–H and O–H groups in total. The molecule has 0 spiro atoms. The molecule has 3 heterocycles. The molecule has 0 unspecified atom stereocenters. The van der Waals surface area contributed by atoms with Gasteiger partial charge in [0.2, 0.25) is 5.91 Å². The van der Waals surface area contributed by atoms with Crippen LogP contribution in [0.4, 0.5) is 4.39 Å². The van der Waals surface area contributed by atoms with Crippen molar-refractivity contribution in [2.45, 2.75) is 45.7 Å². The van der Waals surface area contributed by atoms with E-state index in [4.69, 9.17) is 0 Å². The molecule has 0 bridgehead atoms. The zero-order valence-corrected chi connectivity index (χ0v) is 19.5. The zero-order valence-electron chi connectivity index (χ0n) is 19.5. The monoisotopic (exact) mass is 447 g/mol. The molecular formula is C28H34FN3O. The van der Waals surface area contributed by atoms with Crippen molar-refractivity contribution in [1.82, 2.24) is 14.4 Å². The number of carbonyl (C=O) groups excluding carboxylic acids is 1. The minimum Gasteiger partial charge on any atom is -0.342 e. The summed E-state index contributed by atoms with van der Waals surface area (Å²) in [5.74, 6) is 1.10. The normalized spacial score (nSPS) is 18.8. The molecule has 174 valence electrons. The van der Waals surface area contributed by atoms with Crippen molar-refractivity contribution in [2.75, 3.05) is 26.2 Å². The van der Waals surface area contributed by atoms with Crippen molar-refractivity contribution in [3.05, 3.63) is 71.7 Å². The van der Waals surface area contributed by atoms with E-state index in [1.54, 1.807) is 12.1 Å². The topological polar surface area (TPSA) is 28.5 Å². The Labute approximate surface area is 196 Å². The molecule has 0 saturated carbocycles. The number of nitrogens with zero attached hydrogens (tertiary/aromatic N) is 3. The van der Waals surface area contributed by atoms with Gasteiger partial charge >= 0.3 is 0 Å². The Morgan fingerprint density at radius 3 is 2.42 bits per heavy atom. The number of piperidine rings is 2. The van der Waals surface area contributed by atoms with E-state index < -0.39 is 0 Å². The summed E-state index contributed by atoms with van der Waals surface area (Å²) in [5, 5.41) is 1.22. The van der Waals surface area contributed by atoms with Gasteiger partial charge in [-0.2, -0.15) is 0 Å². The number of hydrogen-bond donors (Lipinski definition) is 0. The van der Waals surface area contributed by atoms with Gasteiger partial charge in [0.1, 0.15) is 5.82 Å². The highest BCUT2D eigenvalue weighted by molar-refractivity contribution is 5.81. The van der Waals surface area contributed by atoms with E-state index in [0.717, 1.165) is 69.9 Å². The Morgan fingerprint density at radius 2 is 1.67 bits per heavy atom. The molecule has 1 aromatic heterocycles. The minimum absolute atomic E-state index is 0.174. The molecular weight excluding hydrogens is 413 g/mol. The predicted molar refractivity (Wildman–Crippen MR) is 130 cm³/mol. The van der Waals surface area contributed by atoms with Gasteiger partial charge in [-0.1, -0.05) is 37.3 Å². The van der Waals surface area contributed by atoms with Crippen LogP contribution >= 0.6 is 0 Å². The highest BCUT2D eigenvalue weighted by Gasteiger charge is 2.30. The fraction of sp³-hybridized carbons (Fsp3) is 0.464. The number of hydrogen-bond acceptors (Lipinski definition) is 2. The number of halogens is 1. The zero-order chi connectivity index (χ0) is 22.8. The molecule has 0 atom stereocenters. The van der Waals surface area contributed by atoms with Gasteiger partial charge in [-0.25, -0.2) is 4.39 Å². The van der Waals surface area contributed by atoms with E-state index >= 15 is 0 Å². The smallest absolute Gasteiger partial charge is 0.225 e. The fourth-order valence-electron chi connectivity index (χ4n) is 5.46. The van der Waals surface area contributed by atoms with Crippen LogP contribution in [0.5, 0.6) is 0 Å². The minimum atomic E-state index is -0.194. The summed E-state index contributed by atoms with van der Waals surface area (Å²) >= 11 is 0. The SMILES string of the molecule is CC1CCN(C(=O)C2CCN(Cc3cc4ccccc4n3Cc3cccc(F)c3)CC2)CC1. The van der Waals surface area contributed by atoms with Gasteiger partial charge in [0.05, 0.1) is 0 Å². The van der Waals surface area contributed by atoms with Crippen LogP contribution in [0.3, 0.4) is 0 Å². The molecule has 5 rings (SSSR count). The van der Waals surface area contributed by atoms with Crippen molar-refractivity contribution in [3.8, 4) is 0 Å². The molecule has 2 aromatic carbocycles. The van der Waals surface area contributed by atoms with Crippen molar-refractivity contribution >= 4 is 16.8 Å². The molecule has 2 saturated heterocycles. The lowest BCUT2D eigenvalue weighted by Crippen LogP contribution is -2.45. The Bertz CT molecular complexity index is 1110. The highest BCUT2D eigenvalue weighted by atomic mass is 19.1. The maximum atomic E-state index is 13.8. The Morgan fingerprint density at radius 1 is 0.909 bits per heavy atom. The van der Waals surface area contributed by atoms with Crippen LogP contribution in [0.1, 0.15) is 43.9 Å². The standard InChI is InChI=1S/C28H34FN3O/c1-21-9-15-31(16-10-21)28(33)23-11-13-30(14-12-23)20-26-18-24-6-2-3-8-27(24)32(26)19-22-5-4-7-25(29)17-22/h2-8,17-18,21,23H,9-16,19-20H2,1H3. The second kappa shape index (κ2) is 9.68. The lowest BCUT2D eigenvalue weighted by molar-refractivity contribution is -0.138. The lowest BCUT2D eigenvalue weighted by Gasteiger charge is -2.36. The molecule has 2 aliphatic heterocycles. The van der Waals surface area contributed by atoms with E-state index in [2.05, 4.69) is 51.6 Å². The van der Waals surface area contributed by atoms with E-state index in [0.29, 0.717) is 12.5 Å². The van der Waals surface area contributed by atoms with Crippen molar-refractivity contribution < 1.29 is 9.18 Å². The summed E-state index contributed by atoms with van der Waals surface area (Å²) < 4.78 is 16.1. The number of fused-ring (bicyclic) bond motifs is 1. The van der Waals surface area contributed by atoms with Crippen LogP contribution in [0.15, 0.2) is 54.6 Å². The van der Waals surface area contributed by atoms with Gasteiger partial charge in [0.15, 0.2) is 0 Å². The highest BCUT2D eigenvalue weighted by Crippen LogP contribution is 2.27. The van der Waals surface area contributed by atoms with Crippen molar-refractivity contribution in [2.24, 2.45) is 11.8 Å². The Hall–Kier alpha value is -2.66. The van der Waals surface area contributed by atoms with Gasteiger partial charge in [-0.15, -0.1) is 0 Å². The molecule has 2 aliphatic rings. The van der Waals surface area contributed by atoms with E-state index in [-0.39, 0.29) is 11.7 Å². The number of carbonyl (C=O) groups is 1. The summed E-state index contributed by atoms with van der Waals surface area (Å²) in [6.45, 7) is 7.55. The predicted octanol–water partition coefficient (Wildman–Crippen LogP) is 5.30. The van der Waals surface area contributed by atoms with Crippen molar-refractivity contribution in [1.29, 1.82) is 0 Å². The van der Waals surface area contributed by atoms with E-state index in [1.807, 2.05) is 6.07 Å². The molecule has 2 fully saturated rings. The number of likely N-dealkylation sites (tertiary alicyclic amines) is 2. The summed E-state index contributed by atoms with van der Waals surface area (Å²) in [5.41, 5.74) is 3.40. The first-order valence-corrected chi connectivity index (χ1v) is 12.4. The number of aromatic nitrogens is 1. The third-order valence-electron chi connectivity index (χ3n) is 7.54. The molecule has 0 aliphatic carbocycles. The average Bonchev–Trinajstić information content (AvgIpc) is 3.16. The molecule has 33 heavy (non-hydrogen) atoms. The van der Waals surface area contributed by atoms with Crippen LogP contribution in [0, 0.1) is 17.7 Å². The van der Waals surface area contributed by atoms with Crippen LogP contribution in [0.2, 0.25) is 0 Å². The summed E-state index contributed by atoms with van der Waals surface area (Å²) in [6.07, 6.45) is 4.16. The number of benzene rings is 2. The van der Waals surface area contributed by atoms with Gasteiger partial charge in [0.25, 0.3) is 0 Å². The second-order valence-electron chi connectivity index (χ2n) is 9.97.